The van der Waals surface area contributed by atoms with Crippen LogP contribution in [0.2, 0.25) is 0 Å². The molecule has 85 heavy (non-hydrogen) atoms. The van der Waals surface area contributed by atoms with Gasteiger partial charge in [0.05, 0.1) is 57.9 Å². The molecule has 4 saturated carbocycles. The van der Waals surface area contributed by atoms with Crippen molar-refractivity contribution in [3.05, 3.63) is 0 Å². The van der Waals surface area contributed by atoms with Gasteiger partial charge in [0, 0.05) is 18.9 Å². The fourth-order valence-corrected chi connectivity index (χ4v) is 17.8. The third kappa shape index (κ3) is 11.7. The SMILES string of the molecule is C[C@H]1[C@@H]2[C@H](C[C@H]3[C@@H]4CC[C@H]5C[C@@H](O[C@@H]6O[C@H](CO)[C@H](O[C@@H]7O[C@H](CO)[C@@H](O)[C@H](O[C@@H]8OC[C@@H](O)[C@H](O)[C@H]8O)[C@H]7O[C@@H]7O[C@H](CO)[C@@H](O)[C@H](O)[C@H]7O)[C@H](O)[C@H]6O)CC[C@]5(C)[C@H]4CC[C@]23C)O[C@]2(O)C[C@H](CO[C@@H]3O[C@H](CO)[C@@H](O)[C@H](O)[C@H]3O)CN[C@@H]12. The van der Waals surface area contributed by atoms with Crippen LogP contribution in [0.5, 0.6) is 0 Å². The zero-order valence-corrected chi connectivity index (χ0v) is 48.0. The van der Waals surface area contributed by atoms with Crippen molar-refractivity contribution in [2.24, 2.45) is 52.3 Å². The van der Waals surface area contributed by atoms with Crippen LogP contribution in [-0.2, 0) is 52.1 Å². The zero-order valence-electron chi connectivity index (χ0n) is 48.0. The summed E-state index contributed by atoms with van der Waals surface area (Å²) in [5.41, 5.74) is -0.0920. The molecule has 18 N–H and O–H groups in total. The first-order valence-electron chi connectivity index (χ1n) is 30.6. The summed E-state index contributed by atoms with van der Waals surface area (Å²) < 4.78 is 66.3. The van der Waals surface area contributed by atoms with Crippen LogP contribution in [0, 0.1) is 52.3 Å². The first kappa shape index (κ1) is 65.3. The normalized spacial score (nSPS) is 57.2. The molecule has 11 rings (SSSR count). The molecule has 11 fully saturated rings. The zero-order chi connectivity index (χ0) is 60.9. The van der Waals surface area contributed by atoms with Crippen LogP contribution in [-0.4, -0.2) is 304 Å². The number of hydrogen-bond acceptors (Lipinski definition) is 29. The van der Waals surface area contributed by atoms with Crippen LogP contribution in [0.3, 0.4) is 0 Å². The molecule has 7 saturated heterocycles. The molecule has 0 aromatic rings. The van der Waals surface area contributed by atoms with E-state index in [9.17, 15) is 86.8 Å². The van der Waals surface area contributed by atoms with Gasteiger partial charge in [0.25, 0.3) is 0 Å². The third-order valence-electron chi connectivity index (χ3n) is 22.3. The largest absolute Gasteiger partial charge is 0.394 e. The van der Waals surface area contributed by atoms with Crippen molar-refractivity contribution < 1.29 is 139 Å². The molecule has 11 aliphatic rings. The topological polar surface area (TPSA) is 457 Å². The average Bonchev–Trinajstić information content (AvgIpc) is 1.68. The second-order valence-electron chi connectivity index (χ2n) is 27.0. The Hall–Kier alpha value is -1.16. The van der Waals surface area contributed by atoms with Crippen LogP contribution in [0.4, 0.5) is 0 Å². The van der Waals surface area contributed by atoms with E-state index in [-0.39, 0.29) is 59.7 Å². The van der Waals surface area contributed by atoms with Crippen LogP contribution < -0.4 is 5.32 Å². The minimum absolute atomic E-state index is 0.0389. The number of aliphatic hydroxyl groups excluding tert-OH is 16. The molecule has 490 valence electrons. The molecule has 29 heteroatoms. The maximum Gasteiger partial charge on any atom is 0.187 e. The van der Waals surface area contributed by atoms with E-state index in [0.717, 1.165) is 38.5 Å². The van der Waals surface area contributed by atoms with E-state index in [4.69, 9.17) is 52.1 Å². The molecule has 4 aliphatic carbocycles. The highest BCUT2D eigenvalue weighted by Crippen LogP contribution is 2.70. The highest BCUT2D eigenvalue weighted by molar-refractivity contribution is 5.16. The maximum atomic E-state index is 12.4. The summed E-state index contributed by atoms with van der Waals surface area (Å²) in [4.78, 5) is 0. The van der Waals surface area contributed by atoms with Crippen molar-refractivity contribution in [3.63, 3.8) is 0 Å². The maximum absolute atomic E-state index is 12.4. The Morgan fingerprint density at radius 1 is 0.518 bits per heavy atom. The highest BCUT2D eigenvalue weighted by Gasteiger charge is 2.68. The quantitative estimate of drug-likeness (QED) is 0.0678. The van der Waals surface area contributed by atoms with Crippen LogP contribution >= 0.6 is 0 Å². The fraction of sp³-hybridized carbons (Fsp3) is 1.00. The summed E-state index contributed by atoms with van der Waals surface area (Å²) in [5.74, 6) is -0.0727. The molecule has 0 amide bonds. The molecule has 37 atom stereocenters. The van der Waals surface area contributed by atoms with E-state index < -0.39 is 192 Å². The summed E-state index contributed by atoms with van der Waals surface area (Å²) in [5, 5.41) is 187. The molecular formula is C56H93NO28. The van der Waals surface area contributed by atoms with Gasteiger partial charge in [-0.15, -0.1) is 0 Å². The Balaban J connectivity index is 0.731. The lowest BCUT2D eigenvalue weighted by atomic mass is 9.44. The average molecular weight is 1230 g/mol. The Bertz CT molecular complexity index is 2210. The van der Waals surface area contributed by atoms with E-state index in [0.29, 0.717) is 37.1 Å². The van der Waals surface area contributed by atoms with Gasteiger partial charge in [0.2, 0.25) is 0 Å². The van der Waals surface area contributed by atoms with E-state index >= 15 is 0 Å². The Morgan fingerprint density at radius 3 is 1.76 bits per heavy atom. The molecule has 0 aromatic carbocycles. The molecule has 0 radical (unpaired) electrons. The van der Waals surface area contributed by atoms with E-state index in [1.807, 2.05) is 0 Å². The minimum atomic E-state index is -2.03. The third-order valence-corrected chi connectivity index (χ3v) is 22.3. The number of rotatable bonds is 15. The van der Waals surface area contributed by atoms with Crippen LogP contribution in [0.25, 0.3) is 0 Å². The van der Waals surface area contributed by atoms with Crippen molar-refractivity contribution in [3.8, 4) is 0 Å². The molecule has 7 heterocycles. The molecule has 0 bridgehead atoms. The monoisotopic (exact) mass is 1230 g/mol. The summed E-state index contributed by atoms with van der Waals surface area (Å²) in [6, 6.07) is -0.338. The molecule has 29 nitrogen and oxygen atoms in total. The standard InChI is InChI=1S/C56H93NO28/c1-20-33-28(85-56(74)12-21(13-57-48(20)56)18-75-49-42(71)38(67)35(64)29(14-58)78-49)11-26-24-5-4-22-10-23(6-8-54(22,2)25(24)7-9-55(26,33)3)77-51-44(73)40(69)45(32(17-61)81-51)82-53-47(84-52-43(72)39(68)36(65)30(15-59)79-52)46(37(66)31(16-60)80-53)83-50-41(70)34(63)27(62)19-76-50/h20-53,57-74H,4-19H2,1-3H3/t20-,21-,22-,23-,24+,25-,26-,27+,28-,29+,30+,31+,32+,33+,34-,35+,36+,37+,38-,39-,40+,41+,42+,43+,44+,45-,46-,47+,48-,49+,50-,51+,52-,53-,54-,55-,56+/m0/s1. The summed E-state index contributed by atoms with van der Waals surface area (Å²) in [7, 11) is 0. The number of nitrogens with one attached hydrogen (secondary N) is 1. The number of ether oxygens (including phenoxy) is 11. The van der Waals surface area contributed by atoms with Crippen molar-refractivity contribution in [2.75, 3.05) is 46.2 Å². The van der Waals surface area contributed by atoms with Gasteiger partial charge in [-0.2, -0.15) is 0 Å². The van der Waals surface area contributed by atoms with Gasteiger partial charge in [0.1, 0.15) is 116 Å². The second kappa shape index (κ2) is 25.7. The van der Waals surface area contributed by atoms with Gasteiger partial charge in [-0.25, -0.2) is 0 Å². The molecule has 0 unspecified atom stereocenters. The minimum Gasteiger partial charge on any atom is -0.394 e. The number of aliphatic hydroxyl groups is 17. The van der Waals surface area contributed by atoms with Gasteiger partial charge in [-0.05, 0) is 97.7 Å². The van der Waals surface area contributed by atoms with Crippen molar-refractivity contribution >= 4 is 0 Å². The van der Waals surface area contributed by atoms with Gasteiger partial charge in [-0.1, -0.05) is 20.8 Å². The van der Waals surface area contributed by atoms with Crippen molar-refractivity contribution in [2.45, 2.75) is 250 Å². The second-order valence-corrected chi connectivity index (χ2v) is 27.0. The van der Waals surface area contributed by atoms with Crippen LogP contribution in [0.15, 0.2) is 0 Å². The molecule has 0 spiro atoms. The lowest BCUT2D eigenvalue weighted by molar-refractivity contribution is -0.404. The smallest absolute Gasteiger partial charge is 0.187 e. The molecular weight excluding hydrogens is 1130 g/mol. The number of piperidine rings is 1. The fourth-order valence-electron chi connectivity index (χ4n) is 17.8. The lowest BCUT2D eigenvalue weighted by Gasteiger charge is -2.62. The van der Waals surface area contributed by atoms with Crippen molar-refractivity contribution in [1.82, 2.24) is 5.32 Å². The predicted molar refractivity (Wildman–Crippen MR) is 280 cm³/mol. The molecule has 0 aromatic heterocycles. The van der Waals surface area contributed by atoms with Crippen molar-refractivity contribution in [1.29, 1.82) is 0 Å². The predicted octanol–water partition coefficient (Wildman–Crippen LogP) is -6.93. The van der Waals surface area contributed by atoms with E-state index in [1.165, 1.54) is 0 Å². The summed E-state index contributed by atoms with van der Waals surface area (Å²) in [6.07, 6.45) is -34.2. The molecule has 7 aliphatic heterocycles. The first-order chi connectivity index (χ1) is 40.4. The van der Waals surface area contributed by atoms with Gasteiger partial charge in [0.15, 0.2) is 37.2 Å². The van der Waals surface area contributed by atoms with Gasteiger partial charge < -0.3 is 144 Å². The highest BCUT2D eigenvalue weighted by atomic mass is 16.8. The van der Waals surface area contributed by atoms with Gasteiger partial charge in [-0.3, -0.25) is 0 Å². The number of fused-ring (bicyclic) bond motifs is 8. The Labute approximate surface area is 491 Å². The van der Waals surface area contributed by atoms with Crippen LogP contribution in [0.1, 0.15) is 78.6 Å². The summed E-state index contributed by atoms with van der Waals surface area (Å²) >= 11 is 0. The van der Waals surface area contributed by atoms with E-state index in [2.05, 4.69) is 26.1 Å². The lowest BCUT2D eigenvalue weighted by Crippen LogP contribution is -2.69. The Morgan fingerprint density at radius 2 is 1.08 bits per heavy atom. The summed E-state index contributed by atoms with van der Waals surface area (Å²) in [6.45, 7) is 3.90. The first-order valence-corrected chi connectivity index (χ1v) is 30.6. The van der Waals surface area contributed by atoms with E-state index in [1.54, 1.807) is 0 Å². The Kier molecular flexibility index (Phi) is 19.8. The number of hydrogen-bond donors (Lipinski definition) is 18. The van der Waals surface area contributed by atoms with Gasteiger partial charge >= 0.3 is 0 Å².